The van der Waals surface area contributed by atoms with Gasteiger partial charge < -0.3 is 71.8 Å². The van der Waals surface area contributed by atoms with Gasteiger partial charge in [0.25, 0.3) is 5.91 Å². The van der Waals surface area contributed by atoms with Crippen LogP contribution in [0.25, 0.3) is 33.8 Å². The van der Waals surface area contributed by atoms with Crippen molar-refractivity contribution in [1.82, 2.24) is 43.5 Å². The third-order valence-electron chi connectivity index (χ3n) is 23.5. The number of amides is 1. The first-order chi connectivity index (χ1) is 58.4. The van der Waals surface area contributed by atoms with Crippen molar-refractivity contribution in [2.24, 2.45) is 5.73 Å². The van der Waals surface area contributed by atoms with Crippen LogP contribution in [0.2, 0.25) is 0 Å². The number of imidazole rings is 4. The Morgan fingerprint density at radius 1 is 0.504 bits per heavy atom. The average Bonchev–Trinajstić information content (AvgIpc) is 1.59. The van der Waals surface area contributed by atoms with E-state index in [2.05, 4.69) is 111 Å². The van der Waals surface area contributed by atoms with Crippen LogP contribution in [0.15, 0.2) is 157 Å². The molecule has 4 saturated carbocycles. The van der Waals surface area contributed by atoms with Gasteiger partial charge in [-0.2, -0.15) is 20.1 Å². The van der Waals surface area contributed by atoms with Gasteiger partial charge in [0.05, 0.1) is 78.0 Å². The van der Waals surface area contributed by atoms with Crippen LogP contribution < -0.4 is 44.9 Å². The van der Waals surface area contributed by atoms with Crippen molar-refractivity contribution >= 4 is 40.6 Å². The van der Waals surface area contributed by atoms with Crippen molar-refractivity contribution in [2.75, 3.05) is 27.4 Å². The largest absolute Gasteiger partial charge is 0.497 e. The number of methoxy groups -OCH3 is 2. The minimum absolute atomic E-state index is 0. The second-order valence-corrected chi connectivity index (χ2v) is 33.3. The lowest BCUT2D eigenvalue weighted by Crippen LogP contribution is -2.41. The van der Waals surface area contributed by atoms with Crippen molar-refractivity contribution in [1.29, 1.82) is 10.5 Å². The number of nitrogens with one attached hydrogen (secondary N) is 1. The van der Waals surface area contributed by atoms with E-state index in [4.69, 9.17) is 67.8 Å². The van der Waals surface area contributed by atoms with Crippen LogP contribution in [0.1, 0.15) is 207 Å². The lowest BCUT2D eigenvalue weighted by atomic mass is 9.78. The van der Waals surface area contributed by atoms with Crippen LogP contribution in [0.3, 0.4) is 0 Å². The summed E-state index contributed by atoms with van der Waals surface area (Å²) in [7, 11) is 2.81. The van der Waals surface area contributed by atoms with Crippen LogP contribution >= 0.6 is 15.9 Å². The van der Waals surface area contributed by atoms with Gasteiger partial charge in [0.2, 0.25) is 0 Å². The second-order valence-electron chi connectivity index (χ2n) is 32.4. The fourth-order valence-electron chi connectivity index (χ4n) is 14.9. The number of nitriles is 2. The van der Waals surface area contributed by atoms with Crippen LogP contribution in [-0.4, -0.2) is 120 Å². The van der Waals surface area contributed by atoms with Crippen LogP contribution in [0.4, 0.5) is 0 Å². The highest BCUT2D eigenvalue weighted by atomic mass is 79.9. The van der Waals surface area contributed by atoms with E-state index in [0.717, 1.165) is 187 Å². The maximum atomic E-state index is 12.7. The Balaban J connectivity index is 0.000000135. The number of para-hydroxylation sites is 1. The number of fused-ring (bicyclic) bond motifs is 4. The summed E-state index contributed by atoms with van der Waals surface area (Å²) in [5.74, 6) is 9.31. The normalized spacial score (nSPS) is 16.9. The van der Waals surface area contributed by atoms with E-state index in [1.165, 1.54) is 88.7 Å². The monoisotopic (exact) mass is 1700 g/mol. The molecular weight excluding hydrogens is 1590 g/mol. The molecule has 0 radical (unpaired) electrons. The topological polar surface area (TPSA) is 291 Å². The van der Waals surface area contributed by atoms with E-state index in [1.807, 2.05) is 119 Å². The van der Waals surface area contributed by atoms with E-state index in [1.54, 1.807) is 26.4 Å². The minimum atomic E-state index is -0.449. The number of hydrogen-bond acceptors (Lipinski definition) is 19. The number of benzene rings is 6. The zero-order valence-corrected chi connectivity index (χ0v) is 71.4. The van der Waals surface area contributed by atoms with Gasteiger partial charge in [-0.05, 0) is 262 Å². The molecule has 6 fully saturated rings. The van der Waals surface area contributed by atoms with Gasteiger partial charge in [-0.25, -0.2) is 19.9 Å². The Morgan fingerprint density at radius 3 is 1.31 bits per heavy atom. The van der Waals surface area contributed by atoms with Crippen molar-refractivity contribution < 1.29 is 56.9 Å². The SMILES string of the molecule is Brc1cn2c(n1)CCC2.C.C1CCOC1.CC1(C)OB(c2ccc(OC3CCC3)c(C#N)c2)OC1(C)C.COc1cccc(C(=O)NCc2cc(-c3cn4c(n3)CCC4)ccc2OC2CCC2)c1.COc1ccccc1.N#Cc1cc(-c2cn3c(n2)CCC3)ccc1OC1CCC1.NCc1cc(-c2cn3c(n2)CCC3)ccc1OC1CCC1.O=C=O. The molecule has 20 rings (SSSR count). The lowest BCUT2D eigenvalue weighted by molar-refractivity contribution is -0.191. The molecule has 6 aliphatic heterocycles. The molecule has 0 spiro atoms. The number of carbonyl (C=O) groups is 1. The van der Waals surface area contributed by atoms with Crippen molar-refractivity contribution in [3.8, 4) is 80.4 Å². The second kappa shape index (κ2) is 43.1. The third-order valence-corrected chi connectivity index (χ3v) is 23.9. The quantitative estimate of drug-likeness (QED) is 0.0754. The fourth-order valence-corrected chi connectivity index (χ4v) is 15.4. The van der Waals surface area contributed by atoms with Gasteiger partial charge in [-0.3, -0.25) is 4.79 Å². The smallest absolute Gasteiger partial charge is 0.494 e. The molecule has 10 aromatic rings. The van der Waals surface area contributed by atoms with Gasteiger partial charge in [0, 0.05) is 136 Å². The number of ether oxygens (including phenoxy) is 7. The molecule has 6 aromatic carbocycles. The minimum Gasteiger partial charge on any atom is -0.497 e. The maximum Gasteiger partial charge on any atom is 0.494 e. The van der Waals surface area contributed by atoms with Crippen LogP contribution in [0, 0.1) is 22.7 Å². The highest BCUT2D eigenvalue weighted by Gasteiger charge is 2.52. The average molecular weight is 1710 g/mol. The number of nitrogens with two attached hydrogens (primary N) is 1. The van der Waals surface area contributed by atoms with Crippen molar-refractivity contribution in [3.63, 3.8) is 0 Å². The number of nitrogens with zero attached hydrogens (tertiary/aromatic N) is 10. The highest BCUT2D eigenvalue weighted by molar-refractivity contribution is 9.10. The molecule has 0 bridgehead atoms. The van der Waals surface area contributed by atoms with E-state index in [-0.39, 0.29) is 42.9 Å². The number of hydrogen-bond donors (Lipinski definition) is 2. The molecule has 0 atom stereocenters. The summed E-state index contributed by atoms with van der Waals surface area (Å²) in [5, 5.41) is 21.8. The molecule has 1 amide bonds. The number of aromatic nitrogens is 8. The van der Waals surface area contributed by atoms with Crippen molar-refractivity contribution in [3.05, 3.63) is 208 Å². The first kappa shape index (κ1) is 89.4. The number of aryl methyl sites for hydroxylation is 8. The first-order valence-corrected chi connectivity index (χ1v) is 43.2. The Labute approximate surface area is 720 Å². The van der Waals surface area contributed by atoms with E-state index in [9.17, 15) is 15.3 Å². The standard InChI is InChI=1S/C25H27N3O3.C17H22BNO3.C17H21N3O.C17H17N3O.C7H8O.C6H7BrN2.C4H8O.CO2.CH4/c1-30-21-8-2-5-18(14-21)25(29)26-15-19-13-17(10-11-23(19)31-20-6-3-7-20)22-16-28-12-4-9-24(28)27-22;1-16(2)17(3,4)22-18(21-16)13-8-9-15(12(10-13)11-19)20-14-6-5-7-14;2*18-10-13-9-12(6-7-16(13)21-14-3-1-4-14)15-11-20-8-2-5-17(20)19-15;1-8-7-5-3-2-4-6-7;7-5-4-9-3-1-2-6(9)8-5;1-2-4-5-3-1;2-1-3;/h2,5,8,10-11,13-14,16,20H,3-4,6-7,9,12,15H2,1H3,(H,26,29);8-10,14H,5-7H2,1-4H3;6-7,9,11,14H,1-5,8,10,18H2;6-7,9,11,14H,1-5,8H2;2-6H,1H3;4H,1-3H2;1-4H2;;1H4. The molecule has 10 aliphatic rings. The Morgan fingerprint density at radius 2 is 0.909 bits per heavy atom. The molecule has 636 valence electrons. The lowest BCUT2D eigenvalue weighted by Gasteiger charge is -2.32. The fraction of sp³-hybridized carbons (Fsp3) is 0.453. The Hall–Kier alpha value is -10.8. The molecule has 4 aliphatic carbocycles. The molecule has 3 N–H and O–H groups in total. The summed E-state index contributed by atoms with van der Waals surface area (Å²) < 4.78 is 61.0. The summed E-state index contributed by atoms with van der Waals surface area (Å²) in [6, 6.07) is 45.2. The first-order valence-electron chi connectivity index (χ1n) is 42.4. The Bertz CT molecular complexity index is 5080. The van der Waals surface area contributed by atoms with Gasteiger partial charge >= 0.3 is 13.3 Å². The molecule has 24 nitrogen and oxygen atoms in total. The number of carbonyl (C=O) groups excluding carboxylic acids is 3. The summed E-state index contributed by atoms with van der Waals surface area (Å²) in [6.45, 7) is 15.3. The van der Waals surface area contributed by atoms with E-state index < -0.39 is 7.12 Å². The highest BCUT2D eigenvalue weighted by Crippen LogP contribution is 2.39. The van der Waals surface area contributed by atoms with E-state index >= 15 is 0 Å². The molecule has 4 aromatic heterocycles. The van der Waals surface area contributed by atoms with Crippen LogP contribution in [-0.2, 0) is 88.6 Å². The summed E-state index contributed by atoms with van der Waals surface area (Å²) in [4.78, 5) is 47.4. The third kappa shape index (κ3) is 23.7. The summed E-state index contributed by atoms with van der Waals surface area (Å²) in [6.07, 6.45) is 35.3. The molecular formula is C95H114BBrN12O12. The van der Waals surface area contributed by atoms with Gasteiger partial charge in [0.1, 0.15) is 74.5 Å². The zero-order valence-electron chi connectivity index (χ0n) is 69.9. The molecule has 0 unspecified atom stereocenters. The molecule has 26 heteroatoms. The van der Waals surface area contributed by atoms with Gasteiger partial charge in [0.15, 0.2) is 0 Å². The maximum absolute atomic E-state index is 12.7. The molecule has 121 heavy (non-hydrogen) atoms. The van der Waals surface area contributed by atoms with Gasteiger partial charge in [-0.1, -0.05) is 37.8 Å². The molecule has 10 heterocycles. The van der Waals surface area contributed by atoms with Gasteiger partial charge in [-0.15, -0.1) is 0 Å². The summed E-state index contributed by atoms with van der Waals surface area (Å²) in [5.41, 5.74) is 15.9. The van der Waals surface area contributed by atoms with Crippen LogP contribution in [0.5, 0.6) is 34.5 Å². The Kier molecular flexibility index (Phi) is 31.9. The zero-order chi connectivity index (χ0) is 84.0. The number of rotatable bonds is 18. The molecule has 2 saturated heterocycles. The van der Waals surface area contributed by atoms with Crippen molar-refractivity contribution in [2.45, 2.75) is 251 Å². The number of halogens is 1. The predicted octanol–water partition coefficient (Wildman–Crippen LogP) is 17.5. The predicted molar refractivity (Wildman–Crippen MR) is 468 cm³/mol. The van der Waals surface area contributed by atoms with E-state index in [0.29, 0.717) is 59.2 Å². The summed E-state index contributed by atoms with van der Waals surface area (Å²) >= 11 is 3.33.